The van der Waals surface area contributed by atoms with Crippen LogP contribution in [0.3, 0.4) is 0 Å². The second kappa shape index (κ2) is 6.97. The lowest BCUT2D eigenvalue weighted by atomic mass is 9.99. The summed E-state index contributed by atoms with van der Waals surface area (Å²) >= 11 is 5.75. The van der Waals surface area contributed by atoms with E-state index >= 15 is 0 Å². The van der Waals surface area contributed by atoms with Crippen molar-refractivity contribution in [2.45, 2.75) is 31.9 Å². The fourth-order valence-electron chi connectivity index (χ4n) is 1.43. The Labute approximate surface area is 107 Å². The summed E-state index contributed by atoms with van der Waals surface area (Å²) in [6, 6.07) is 4.28. The van der Waals surface area contributed by atoms with E-state index in [1.807, 2.05) is 6.92 Å². The molecule has 4 N–H and O–H groups in total. The molecule has 0 aliphatic heterocycles. The molecule has 16 heavy (non-hydrogen) atoms. The average Bonchev–Trinajstić information content (AvgIpc) is 2.21. The number of benzene rings is 1. The van der Waals surface area contributed by atoms with Crippen LogP contribution in [0, 0.1) is 0 Å². The molecule has 0 amide bonds. The van der Waals surface area contributed by atoms with E-state index in [0.29, 0.717) is 6.42 Å². The standard InChI is InChI=1S/C11H16ClNO2.ClH/c1-2-3-10(15)11(13)7-4-5-9(14)8(12)6-7;/h4-6,10-11,14-15H,2-3,13H2,1H3;1H/t10-,11+;/m1./s1. The van der Waals surface area contributed by atoms with Crippen LogP contribution < -0.4 is 5.73 Å². The first-order chi connectivity index (χ1) is 7.06. The third-order valence-electron chi connectivity index (χ3n) is 2.36. The van der Waals surface area contributed by atoms with E-state index in [9.17, 15) is 10.2 Å². The number of aromatic hydroxyl groups is 1. The molecule has 2 atom stereocenters. The van der Waals surface area contributed by atoms with Gasteiger partial charge in [-0.15, -0.1) is 12.4 Å². The third kappa shape index (κ3) is 3.83. The van der Waals surface area contributed by atoms with Crippen molar-refractivity contribution >= 4 is 24.0 Å². The van der Waals surface area contributed by atoms with Crippen LogP contribution >= 0.6 is 24.0 Å². The monoisotopic (exact) mass is 265 g/mol. The van der Waals surface area contributed by atoms with Crippen LogP contribution in [0.1, 0.15) is 31.4 Å². The van der Waals surface area contributed by atoms with Gasteiger partial charge in [-0.25, -0.2) is 0 Å². The Hall–Kier alpha value is -0.480. The summed E-state index contributed by atoms with van der Waals surface area (Å²) in [5, 5.41) is 19.2. The zero-order valence-electron chi connectivity index (χ0n) is 9.06. The molecule has 0 aromatic heterocycles. The number of hydrogen-bond donors (Lipinski definition) is 3. The minimum absolute atomic E-state index is 0. The van der Waals surface area contributed by atoms with Gasteiger partial charge in [0.1, 0.15) is 5.75 Å². The van der Waals surface area contributed by atoms with Crippen molar-refractivity contribution in [3.8, 4) is 5.75 Å². The first kappa shape index (κ1) is 15.5. The van der Waals surface area contributed by atoms with Gasteiger partial charge in [-0.3, -0.25) is 0 Å². The van der Waals surface area contributed by atoms with Crippen LogP contribution in [0.5, 0.6) is 5.75 Å². The van der Waals surface area contributed by atoms with Crippen molar-refractivity contribution < 1.29 is 10.2 Å². The molecule has 0 saturated heterocycles. The zero-order valence-corrected chi connectivity index (χ0v) is 10.6. The lowest BCUT2D eigenvalue weighted by Crippen LogP contribution is -2.25. The highest BCUT2D eigenvalue weighted by atomic mass is 35.5. The van der Waals surface area contributed by atoms with Crippen LogP contribution in [0.15, 0.2) is 18.2 Å². The fraction of sp³-hybridized carbons (Fsp3) is 0.455. The number of phenols is 1. The topological polar surface area (TPSA) is 66.5 Å². The van der Waals surface area contributed by atoms with Crippen LogP contribution in [0.4, 0.5) is 0 Å². The zero-order chi connectivity index (χ0) is 11.4. The van der Waals surface area contributed by atoms with Gasteiger partial charge >= 0.3 is 0 Å². The number of phenolic OH excluding ortho intramolecular Hbond substituents is 1. The van der Waals surface area contributed by atoms with Crippen molar-refractivity contribution in [3.05, 3.63) is 28.8 Å². The van der Waals surface area contributed by atoms with E-state index < -0.39 is 12.1 Å². The second-order valence-electron chi connectivity index (χ2n) is 3.59. The van der Waals surface area contributed by atoms with E-state index in [2.05, 4.69) is 0 Å². The largest absolute Gasteiger partial charge is 0.506 e. The highest BCUT2D eigenvalue weighted by Crippen LogP contribution is 2.27. The van der Waals surface area contributed by atoms with Gasteiger partial charge in [0.25, 0.3) is 0 Å². The van der Waals surface area contributed by atoms with Gasteiger partial charge in [0.05, 0.1) is 17.2 Å². The molecule has 0 heterocycles. The van der Waals surface area contributed by atoms with Crippen LogP contribution in [-0.4, -0.2) is 16.3 Å². The number of aliphatic hydroxyl groups excluding tert-OH is 1. The van der Waals surface area contributed by atoms with Gasteiger partial charge in [-0.2, -0.15) is 0 Å². The molecule has 5 heteroatoms. The SMILES string of the molecule is CCC[C@@H](O)[C@@H](N)c1ccc(O)c(Cl)c1.Cl. The Morgan fingerprint density at radius 2 is 2.06 bits per heavy atom. The summed E-state index contributed by atoms with van der Waals surface area (Å²) in [5.41, 5.74) is 6.59. The first-order valence-electron chi connectivity index (χ1n) is 4.98. The Bertz CT molecular complexity index is 334. The lowest BCUT2D eigenvalue weighted by molar-refractivity contribution is 0.134. The molecular weight excluding hydrogens is 249 g/mol. The predicted octanol–water partition coefficient (Wildman–Crippen LogP) is 2.63. The van der Waals surface area contributed by atoms with Gasteiger partial charge in [0.2, 0.25) is 0 Å². The Kier molecular flexibility index (Phi) is 6.76. The minimum atomic E-state index is -0.574. The summed E-state index contributed by atoms with van der Waals surface area (Å²) in [5.74, 6) is 0.0256. The molecule has 92 valence electrons. The molecule has 0 spiro atoms. The molecular formula is C11H17Cl2NO2. The van der Waals surface area contributed by atoms with E-state index in [1.54, 1.807) is 12.1 Å². The van der Waals surface area contributed by atoms with Gasteiger partial charge < -0.3 is 15.9 Å². The molecule has 0 saturated carbocycles. The highest BCUT2D eigenvalue weighted by molar-refractivity contribution is 6.32. The van der Waals surface area contributed by atoms with Gasteiger partial charge in [-0.1, -0.05) is 31.0 Å². The number of aliphatic hydroxyl groups is 1. The van der Waals surface area contributed by atoms with E-state index in [-0.39, 0.29) is 23.2 Å². The summed E-state index contributed by atoms with van der Waals surface area (Å²) in [7, 11) is 0. The minimum Gasteiger partial charge on any atom is -0.506 e. The Balaban J connectivity index is 0.00000225. The molecule has 1 aromatic rings. The first-order valence-corrected chi connectivity index (χ1v) is 5.36. The number of hydrogen-bond acceptors (Lipinski definition) is 3. The van der Waals surface area contributed by atoms with Crippen molar-refractivity contribution in [3.63, 3.8) is 0 Å². The maximum Gasteiger partial charge on any atom is 0.134 e. The van der Waals surface area contributed by atoms with Gasteiger partial charge in [-0.05, 0) is 24.1 Å². The second-order valence-corrected chi connectivity index (χ2v) is 4.00. The van der Waals surface area contributed by atoms with Crippen LogP contribution in [0.25, 0.3) is 0 Å². The Morgan fingerprint density at radius 3 is 2.56 bits per heavy atom. The average molecular weight is 266 g/mol. The summed E-state index contributed by atoms with van der Waals surface area (Å²) in [6.07, 6.45) is 0.955. The molecule has 3 nitrogen and oxygen atoms in total. The van der Waals surface area contributed by atoms with Gasteiger partial charge in [0.15, 0.2) is 0 Å². The normalized spacial score (nSPS) is 14.0. The molecule has 0 bridgehead atoms. The lowest BCUT2D eigenvalue weighted by Gasteiger charge is -2.18. The van der Waals surface area contributed by atoms with Crippen molar-refractivity contribution in [2.75, 3.05) is 0 Å². The highest BCUT2D eigenvalue weighted by Gasteiger charge is 2.16. The molecule has 0 radical (unpaired) electrons. The molecule has 1 rings (SSSR count). The fourth-order valence-corrected chi connectivity index (χ4v) is 1.62. The summed E-state index contributed by atoms with van der Waals surface area (Å²) in [4.78, 5) is 0. The Morgan fingerprint density at radius 1 is 1.44 bits per heavy atom. The smallest absolute Gasteiger partial charge is 0.134 e. The van der Waals surface area contributed by atoms with Gasteiger partial charge in [0, 0.05) is 0 Å². The van der Waals surface area contributed by atoms with Crippen molar-refractivity contribution in [1.82, 2.24) is 0 Å². The molecule has 0 aliphatic carbocycles. The quantitative estimate of drug-likeness (QED) is 0.784. The number of rotatable bonds is 4. The molecule has 0 fully saturated rings. The van der Waals surface area contributed by atoms with E-state index in [4.69, 9.17) is 17.3 Å². The van der Waals surface area contributed by atoms with Crippen LogP contribution in [-0.2, 0) is 0 Å². The molecule has 0 aliphatic rings. The third-order valence-corrected chi connectivity index (χ3v) is 2.66. The molecule has 0 unspecified atom stereocenters. The van der Waals surface area contributed by atoms with Crippen molar-refractivity contribution in [2.24, 2.45) is 5.73 Å². The molecule has 1 aromatic carbocycles. The summed E-state index contributed by atoms with van der Waals surface area (Å²) in [6.45, 7) is 1.99. The summed E-state index contributed by atoms with van der Waals surface area (Å²) < 4.78 is 0. The van der Waals surface area contributed by atoms with Crippen molar-refractivity contribution in [1.29, 1.82) is 0 Å². The predicted molar refractivity (Wildman–Crippen MR) is 68.2 cm³/mol. The maximum absolute atomic E-state index is 9.70. The number of halogens is 2. The van der Waals surface area contributed by atoms with E-state index in [1.165, 1.54) is 6.07 Å². The maximum atomic E-state index is 9.70. The number of nitrogens with two attached hydrogens (primary N) is 1. The van der Waals surface area contributed by atoms with Crippen LogP contribution in [0.2, 0.25) is 5.02 Å². The van der Waals surface area contributed by atoms with E-state index in [0.717, 1.165) is 12.0 Å².